The van der Waals surface area contributed by atoms with Crippen LogP contribution < -0.4 is 10.6 Å². The fourth-order valence-electron chi connectivity index (χ4n) is 1.54. The van der Waals surface area contributed by atoms with Crippen molar-refractivity contribution in [3.63, 3.8) is 0 Å². The number of hydrogen-bond donors (Lipinski definition) is 2. The minimum Gasteiger partial charge on any atom is -0.358 e. The Bertz CT molecular complexity index is 312. The summed E-state index contributed by atoms with van der Waals surface area (Å²) in [4.78, 5) is 15.5. The molecule has 1 fully saturated rings. The van der Waals surface area contributed by atoms with Crippen LogP contribution in [0.2, 0.25) is 0 Å². The number of piperidine rings is 1. The number of amides is 1. The van der Waals surface area contributed by atoms with E-state index in [0.717, 1.165) is 25.2 Å². The van der Waals surface area contributed by atoms with Crippen LogP contribution in [-0.4, -0.2) is 23.5 Å². The molecule has 0 aromatic carbocycles. The van der Waals surface area contributed by atoms with Gasteiger partial charge in [-0.3, -0.25) is 4.79 Å². The second kappa shape index (κ2) is 4.09. The van der Waals surface area contributed by atoms with E-state index in [9.17, 15) is 4.79 Å². The molecule has 0 bridgehead atoms. The van der Waals surface area contributed by atoms with Crippen LogP contribution in [0.25, 0.3) is 0 Å². The molecule has 4 nitrogen and oxygen atoms in total. The van der Waals surface area contributed by atoms with E-state index in [4.69, 9.17) is 0 Å². The summed E-state index contributed by atoms with van der Waals surface area (Å²) < 4.78 is 0. The minimum atomic E-state index is -0.126. The first kappa shape index (κ1) is 8.99. The quantitative estimate of drug-likeness (QED) is 0.726. The Labute approximate surface area is 82.7 Å². The average molecular weight is 191 g/mol. The zero-order chi connectivity index (χ0) is 9.80. The highest BCUT2D eigenvalue weighted by molar-refractivity contribution is 5.84. The molecule has 0 spiro atoms. The third kappa shape index (κ3) is 2.02. The van der Waals surface area contributed by atoms with E-state index in [-0.39, 0.29) is 11.9 Å². The largest absolute Gasteiger partial charge is 0.358 e. The van der Waals surface area contributed by atoms with Gasteiger partial charge < -0.3 is 10.6 Å². The lowest BCUT2D eigenvalue weighted by molar-refractivity contribution is -0.123. The van der Waals surface area contributed by atoms with Crippen LogP contribution in [0.15, 0.2) is 24.4 Å². The van der Waals surface area contributed by atoms with E-state index in [1.165, 1.54) is 0 Å². The third-order valence-corrected chi connectivity index (χ3v) is 2.27. The molecule has 1 atom stereocenters. The van der Waals surface area contributed by atoms with Crippen molar-refractivity contribution in [3.05, 3.63) is 24.4 Å². The molecule has 2 rings (SSSR count). The molecule has 2 N–H and O–H groups in total. The van der Waals surface area contributed by atoms with E-state index < -0.39 is 0 Å². The molecule has 1 saturated heterocycles. The first-order valence-electron chi connectivity index (χ1n) is 4.81. The highest BCUT2D eigenvalue weighted by Crippen LogP contribution is 2.09. The summed E-state index contributed by atoms with van der Waals surface area (Å²) in [5.41, 5.74) is 0. The number of nitrogens with one attached hydrogen (secondary N) is 2. The number of carbonyl (C=O) groups is 1. The number of rotatable bonds is 2. The highest BCUT2D eigenvalue weighted by Gasteiger charge is 2.21. The van der Waals surface area contributed by atoms with Crippen LogP contribution in [0, 0.1) is 0 Å². The monoisotopic (exact) mass is 191 g/mol. The minimum absolute atomic E-state index is 0.0712. The Morgan fingerprint density at radius 1 is 1.50 bits per heavy atom. The van der Waals surface area contributed by atoms with Crippen molar-refractivity contribution >= 4 is 11.7 Å². The van der Waals surface area contributed by atoms with Crippen LogP contribution in [-0.2, 0) is 4.79 Å². The summed E-state index contributed by atoms with van der Waals surface area (Å²) in [6.45, 7) is 0.791. The van der Waals surface area contributed by atoms with Crippen molar-refractivity contribution in [3.8, 4) is 0 Å². The molecule has 74 valence electrons. The van der Waals surface area contributed by atoms with Gasteiger partial charge in [0.1, 0.15) is 11.9 Å². The lowest BCUT2D eigenvalue weighted by atomic mass is 10.1. The molecular weight excluding hydrogens is 178 g/mol. The van der Waals surface area contributed by atoms with Gasteiger partial charge in [0.15, 0.2) is 0 Å². The van der Waals surface area contributed by atoms with Crippen molar-refractivity contribution in [1.29, 1.82) is 0 Å². The summed E-state index contributed by atoms with van der Waals surface area (Å²) in [6.07, 6.45) is 3.61. The average Bonchev–Trinajstić information content (AvgIpc) is 2.23. The molecule has 2 heterocycles. The van der Waals surface area contributed by atoms with Crippen LogP contribution in [0.5, 0.6) is 0 Å². The topological polar surface area (TPSA) is 54.0 Å². The highest BCUT2D eigenvalue weighted by atomic mass is 16.2. The Morgan fingerprint density at radius 3 is 3.14 bits per heavy atom. The van der Waals surface area contributed by atoms with E-state index in [1.54, 1.807) is 6.20 Å². The van der Waals surface area contributed by atoms with Gasteiger partial charge in [0, 0.05) is 12.7 Å². The standard InChI is InChI=1S/C10H13N3O/c14-10-8(4-3-7-12-10)13-9-5-1-2-6-11-9/h1-2,5-6,8H,3-4,7H2,(H,11,13)(H,12,14). The predicted octanol–water partition coefficient (Wildman–Crippen LogP) is 0.772. The van der Waals surface area contributed by atoms with Crippen LogP contribution in [0.1, 0.15) is 12.8 Å². The van der Waals surface area contributed by atoms with Gasteiger partial charge in [-0.15, -0.1) is 0 Å². The number of nitrogens with zero attached hydrogens (tertiary/aromatic N) is 1. The molecule has 14 heavy (non-hydrogen) atoms. The summed E-state index contributed by atoms with van der Waals surface area (Å²) >= 11 is 0. The van der Waals surface area contributed by atoms with E-state index in [1.807, 2.05) is 18.2 Å². The predicted molar refractivity (Wildman–Crippen MR) is 53.9 cm³/mol. The lowest BCUT2D eigenvalue weighted by Crippen LogP contribution is -2.44. The van der Waals surface area contributed by atoms with Gasteiger partial charge in [-0.05, 0) is 25.0 Å². The zero-order valence-corrected chi connectivity index (χ0v) is 7.86. The maximum atomic E-state index is 11.4. The fourth-order valence-corrected chi connectivity index (χ4v) is 1.54. The second-order valence-electron chi connectivity index (χ2n) is 3.35. The lowest BCUT2D eigenvalue weighted by Gasteiger charge is -2.22. The molecule has 1 amide bonds. The molecule has 0 aliphatic carbocycles. The van der Waals surface area contributed by atoms with E-state index in [0.29, 0.717) is 0 Å². The van der Waals surface area contributed by atoms with Crippen LogP contribution in [0.4, 0.5) is 5.82 Å². The van der Waals surface area contributed by atoms with Crippen LogP contribution in [0.3, 0.4) is 0 Å². The van der Waals surface area contributed by atoms with Gasteiger partial charge in [0.05, 0.1) is 0 Å². The van der Waals surface area contributed by atoms with E-state index in [2.05, 4.69) is 15.6 Å². The Morgan fingerprint density at radius 2 is 2.43 bits per heavy atom. The smallest absolute Gasteiger partial charge is 0.242 e. The van der Waals surface area contributed by atoms with Gasteiger partial charge in [0.2, 0.25) is 5.91 Å². The van der Waals surface area contributed by atoms with Crippen molar-refractivity contribution in [1.82, 2.24) is 10.3 Å². The van der Waals surface area contributed by atoms with Crippen LogP contribution >= 0.6 is 0 Å². The Kier molecular flexibility index (Phi) is 2.62. The van der Waals surface area contributed by atoms with Gasteiger partial charge in [-0.1, -0.05) is 6.07 Å². The first-order chi connectivity index (χ1) is 6.86. The SMILES string of the molecule is O=C1NCCCC1Nc1ccccn1. The molecular formula is C10H13N3O. The first-order valence-corrected chi connectivity index (χ1v) is 4.81. The summed E-state index contributed by atoms with van der Waals surface area (Å²) in [5.74, 6) is 0.830. The fraction of sp³-hybridized carbons (Fsp3) is 0.400. The maximum absolute atomic E-state index is 11.4. The summed E-state index contributed by atoms with van der Waals surface area (Å²) in [5, 5.41) is 5.93. The van der Waals surface area contributed by atoms with Gasteiger partial charge in [-0.25, -0.2) is 4.98 Å². The number of hydrogen-bond acceptors (Lipinski definition) is 3. The second-order valence-corrected chi connectivity index (χ2v) is 3.35. The summed E-state index contributed by atoms with van der Waals surface area (Å²) in [7, 11) is 0. The number of aromatic nitrogens is 1. The molecule has 1 aliphatic heterocycles. The number of carbonyl (C=O) groups excluding carboxylic acids is 1. The molecule has 1 aromatic heterocycles. The summed E-state index contributed by atoms with van der Waals surface area (Å²) in [6, 6.07) is 5.49. The molecule has 1 aromatic rings. The molecule has 1 aliphatic rings. The van der Waals surface area contributed by atoms with Crippen molar-refractivity contribution in [2.75, 3.05) is 11.9 Å². The van der Waals surface area contributed by atoms with Crippen molar-refractivity contribution in [2.24, 2.45) is 0 Å². The molecule has 1 unspecified atom stereocenters. The van der Waals surface area contributed by atoms with Crippen molar-refractivity contribution < 1.29 is 4.79 Å². The van der Waals surface area contributed by atoms with Gasteiger partial charge in [-0.2, -0.15) is 0 Å². The number of anilines is 1. The normalized spacial score (nSPS) is 21.4. The Hall–Kier alpha value is -1.58. The Balaban J connectivity index is 2.00. The zero-order valence-electron chi connectivity index (χ0n) is 7.86. The third-order valence-electron chi connectivity index (χ3n) is 2.27. The maximum Gasteiger partial charge on any atom is 0.242 e. The van der Waals surface area contributed by atoms with Gasteiger partial charge in [0.25, 0.3) is 0 Å². The van der Waals surface area contributed by atoms with E-state index >= 15 is 0 Å². The van der Waals surface area contributed by atoms with Crippen molar-refractivity contribution in [2.45, 2.75) is 18.9 Å². The van der Waals surface area contributed by atoms with Gasteiger partial charge >= 0.3 is 0 Å². The number of pyridine rings is 1. The molecule has 0 radical (unpaired) electrons. The molecule has 4 heteroatoms. The molecule has 0 saturated carbocycles.